The van der Waals surface area contributed by atoms with Gasteiger partial charge >= 0.3 is 0 Å². The van der Waals surface area contributed by atoms with Crippen LogP contribution in [-0.4, -0.2) is 31.1 Å². The van der Waals surface area contributed by atoms with Crippen LogP contribution in [0.15, 0.2) is 30.3 Å². The highest BCUT2D eigenvalue weighted by Crippen LogP contribution is 2.13. The van der Waals surface area contributed by atoms with Crippen molar-refractivity contribution in [1.29, 1.82) is 0 Å². The summed E-state index contributed by atoms with van der Waals surface area (Å²) in [7, 11) is 0. The summed E-state index contributed by atoms with van der Waals surface area (Å²) < 4.78 is 5.51. The number of amides is 1. The summed E-state index contributed by atoms with van der Waals surface area (Å²) in [4.78, 5) is 11.8. The number of carbonyl (C=O) groups excluding carboxylic acids is 1. The van der Waals surface area contributed by atoms with Crippen LogP contribution in [0.5, 0.6) is 5.75 Å². The predicted octanol–water partition coefficient (Wildman–Crippen LogP) is 1.07. The Bertz CT molecular complexity index is 414. The number of ether oxygens (including phenoxy) is 1. The van der Waals surface area contributed by atoms with E-state index in [-0.39, 0.29) is 5.91 Å². The van der Waals surface area contributed by atoms with E-state index in [1.165, 1.54) is 0 Å². The number of nitrogens with one attached hydrogen (secondary N) is 3. The van der Waals surface area contributed by atoms with E-state index >= 15 is 0 Å². The van der Waals surface area contributed by atoms with Crippen LogP contribution in [-0.2, 0) is 4.79 Å². The predicted molar refractivity (Wildman–Crippen MR) is 78.2 cm³/mol. The van der Waals surface area contributed by atoms with Crippen molar-refractivity contribution in [2.45, 2.75) is 32.4 Å². The highest BCUT2D eigenvalue weighted by Gasteiger charge is 2.29. The van der Waals surface area contributed by atoms with Crippen molar-refractivity contribution in [3.8, 4) is 5.75 Å². The van der Waals surface area contributed by atoms with Gasteiger partial charge in [-0.2, -0.15) is 0 Å². The number of hydrogen-bond donors (Lipinski definition) is 3. The van der Waals surface area contributed by atoms with Gasteiger partial charge in [-0.25, -0.2) is 0 Å². The molecule has 20 heavy (non-hydrogen) atoms. The van der Waals surface area contributed by atoms with E-state index in [1.54, 1.807) is 0 Å². The van der Waals surface area contributed by atoms with Gasteiger partial charge in [0.1, 0.15) is 5.75 Å². The average molecular weight is 277 g/mol. The standard InChI is InChI=1S/C15H23N3O2/c1-11-14(12(2)18-17-11)10-16-15(19)8-9-20-13-6-4-3-5-7-13/h3-7,11-12,14,17-18H,8-10H2,1-2H3,(H,16,19). The maximum absolute atomic E-state index is 11.8. The van der Waals surface area contributed by atoms with Crippen molar-refractivity contribution in [2.24, 2.45) is 5.92 Å². The third-order valence-corrected chi connectivity index (χ3v) is 3.70. The van der Waals surface area contributed by atoms with E-state index in [1.807, 2.05) is 30.3 Å². The molecule has 1 aromatic rings. The molecule has 1 amide bonds. The Labute approximate surface area is 120 Å². The zero-order valence-corrected chi connectivity index (χ0v) is 12.1. The minimum atomic E-state index is 0.0345. The summed E-state index contributed by atoms with van der Waals surface area (Å²) in [5.41, 5.74) is 6.36. The molecule has 1 aliphatic rings. The molecule has 0 aromatic heterocycles. The molecule has 1 heterocycles. The van der Waals surface area contributed by atoms with Crippen LogP contribution in [0.4, 0.5) is 0 Å². The van der Waals surface area contributed by atoms with Gasteiger partial charge in [0.2, 0.25) is 5.91 Å². The van der Waals surface area contributed by atoms with Crippen molar-refractivity contribution in [1.82, 2.24) is 16.2 Å². The number of benzene rings is 1. The third kappa shape index (κ3) is 4.21. The first-order valence-corrected chi connectivity index (χ1v) is 7.12. The van der Waals surface area contributed by atoms with Gasteiger partial charge in [0.25, 0.3) is 0 Å². The summed E-state index contributed by atoms with van der Waals surface area (Å²) in [5, 5.41) is 2.97. The summed E-state index contributed by atoms with van der Waals surface area (Å²) in [5.74, 6) is 1.24. The minimum Gasteiger partial charge on any atom is -0.493 e. The molecule has 1 aromatic carbocycles. The summed E-state index contributed by atoms with van der Waals surface area (Å²) in [6.07, 6.45) is 0.380. The van der Waals surface area contributed by atoms with Crippen molar-refractivity contribution >= 4 is 5.91 Å². The molecular formula is C15H23N3O2. The van der Waals surface area contributed by atoms with Crippen molar-refractivity contribution in [3.05, 3.63) is 30.3 Å². The van der Waals surface area contributed by atoms with Crippen molar-refractivity contribution in [3.63, 3.8) is 0 Å². The molecule has 3 N–H and O–H groups in total. The van der Waals surface area contributed by atoms with Crippen LogP contribution in [0.2, 0.25) is 0 Å². The molecule has 0 radical (unpaired) electrons. The van der Waals surface area contributed by atoms with E-state index in [9.17, 15) is 4.79 Å². The summed E-state index contributed by atoms with van der Waals surface area (Å²) in [6.45, 7) is 5.33. The first-order chi connectivity index (χ1) is 9.66. The van der Waals surface area contributed by atoms with E-state index in [0.29, 0.717) is 37.6 Å². The molecule has 1 fully saturated rings. The van der Waals surface area contributed by atoms with Gasteiger partial charge in [-0.15, -0.1) is 0 Å². The Morgan fingerprint density at radius 2 is 1.85 bits per heavy atom. The normalized spacial score (nSPS) is 25.4. The Hall–Kier alpha value is -1.59. The minimum absolute atomic E-state index is 0.0345. The SMILES string of the molecule is CC1NNC(C)C1CNC(=O)CCOc1ccccc1. The van der Waals surface area contributed by atoms with Crippen LogP contribution in [0.3, 0.4) is 0 Å². The van der Waals surface area contributed by atoms with Gasteiger partial charge in [0.05, 0.1) is 13.0 Å². The van der Waals surface area contributed by atoms with Gasteiger partial charge in [0.15, 0.2) is 0 Å². The Kier molecular flexibility index (Phi) is 5.38. The quantitative estimate of drug-likeness (QED) is 0.728. The first kappa shape index (κ1) is 14.8. The maximum Gasteiger partial charge on any atom is 0.223 e. The fourth-order valence-electron chi connectivity index (χ4n) is 2.36. The molecule has 2 rings (SSSR count). The average Bonchev–Trinajstić information content (AvgIpc) is 2.77. The van der Waals surface area contributed by atoms with Crippen LogP contribution < -0.4 is 20.9 Å². The second-order valence-electron chi connectivity index (χ2n) is 5.25. The lowest BCUT2D eigenvalue weighted by Gasteiger charge is -2.18. The topological polar surface area (TPSA) is 62.4 Å². The maximum atomic E-state index is 11.8. The second kappa shape index (κ2) is 7.26. The zero-order valence-electron chi connectivity index (χ0n) is 12.1. The van der Waals surface area contributed by atoms with Gasteiger partial charge in [0, 0.05) is 24.5 Å². The fourth-order valence-corrected chi connectivity index (χ4v) is 2.36. The van der Waals surface area contributed by atoms with Crippen LogP contribution in [0.25, 0.3) is 0 Å². The Balaban J connectivity index is 1.63. The van der Waals surface area contributed by atoms with E-state index < -0.39 is 0 Å². The molecule has 0 saturated carbocycles. The zero-order chi connectivity index (χ0) is 14.4. The molecule has 2 atom stereocenters. The molecular weight excluding hydrogens is 254 g/mol. The number of para-hydroxylation sites is 1. The van der Waals surface area contributed by atoms with Gasteiger partial charge < -0.3 is 10.1 Å². The number of hydrogen-bond acceptors (Lipinski definition) is 4. The Morgan fingerprint density at radius 1 is 1.20 bits per heavy atom. The largest absolute Gasteiger partial charge is 0.493 e. The van der Waals surface area contributed by atoms with Gasteiger partial charge in [-0.05, 0) is 26.0 Å². The van der Waals surface area contributed by atoms with Crippen molar-refractivity contribution < 1.29 is 9.53 Å². The monoisotopic (exact) mass is 277 g/mol. The molecule has 0 bridgehead atoms. The highest BCUT2D eigenvalue weighted by atomic mass is 16.5. The third-order valence-electron chi connectivity index (χ3n) is 3.70. The molecule has 2 unspecified atom stereocenters. The van der Waals surface area contributed by atoms with Crippen LogP contribution in [0, 0.1) is 5.92 Å². The molecule has 110 valence electrons. The lowest BCUT2D eigenvalue weighted by atomic mass is 9.97. The smallest absolute Gasteiger partial charge is 0.223 e. The van der Waals surface area contributed by atoms with Crippen LogP contribution >= 0.6 is 0 Å². The fraction of sp³-hybridized carbons (Fsp3) is 0.533. The van der Waals surface area contributed by atoms with E-state index in [0.717, 1.165) is 5.75 Å². The molecule has 5 nitrogen and oxygen atoms in total. The number of rotatable bonds is 6. The highest BCUT2D eigenvalue weighted by molar-refractivity contribution is 5.76. The molecule has 1 saturated heterocycles. The molecule has 0 spiro atoms. The summed E-state index contributed by atoms with van der Waals surface area (Å²) >= 11 is 0. The molecule has 5 heteroatoms. The Morgan fingerprint density at radius 3 is 2.50 bits per heavy atom. The lowest BCUT2D eigenvalue weighted by molar-refractivity contribution is -0.121. The van der Waals surface area contributed by atoms with Gasteiger partial charge in [-0.3, -0.25) is 15.6 Å². The number of carbonyl (C=O) groups is 1. The lowest BCUT2D eigenvalue weighted by Crippen LogP contribution is -2.37. The van der Waals surface area contributed by atoms with E-state index in [2.05, 4.69) is 30.0 Å². The second-order valence-corrected chi connectivity index (χ2v) is 5.25. The van der Waals surface area contributed by atoms with Gasteiger partial charge in [-0.1, -0.05) is 18.2 Å². The molecule has 1 aliphatic heterocycles. The van der Waals surface area contributed by atoms with E-state index in [4.69, 9.17) is 4.74 Å². The first-order valence-electron chi connectivity index (χ1n) is 7.12. The molecule has 0 aliphatic carbocycles. The summed E-state index contributed by atoms with van der Waals surface area (Å²) in [6, 6.07) is 10.3. The number of hydrazine groups is 1. The van der Waals surface area contributed by atoms with Crippen molar-refractivity contribution in [2.75, 3.05) is 13.2 Å². The van der Waals surface area contributed by atoms with Crippen LogP contribution in [0.1, 0.15) is 20.3 Å².